The Balaban J connectivity index is 2.18. The fourth-order valence-electron chi connectivity index (χ4n) is 0.666. The van der Waals surface area contributed by atoms with Gasteiger partial charge in [-0.05, 0) is 0 Å². The summed E-state index contributed by atoms with van der Waals surface area (Å²) in [4.78, 5) is 0.734. The second-order valence-corrected chi connectivity index (χ2v) is 2.92. The van der Waals surface area contributed by atoms with Crippen LogP contribution < -0.4 is 5.32 Å². The maximum absolute atomic E-state index is 3.29. The second kappa shape index (κ2) is 1.97. The predicted octanol–water partition coefficient (Wildman–Crippen LogP) is -0.403. The molecule has 2 heteroatoms. The van der Waals surface area contributed by atoms with Crippen molar-refractivity contribution in [1.29, 1.82) is 0 Å². The van der Waals surface area contributed by atoms with Crippen molar-refractivity contribution < 1.29 is 0 Å². The van der Waals surface area contributed by atoms with E-state index < -0.39 is 0 Å². The molecular weight excluding hydrogens is 141 g/mol. The van der Waals surface area contributed by atoms with Crippen molar-refractivity contribution in [3.8, 4) is 0 Å². The summed E-state index contributed by atoms with van der Waals surface area (Å²) in [5.41, 5.74) is 0. The third kappa shape index (κ3) is 0.969. The minimum atomic E-state index is 0.734. The first kappa shape index (κ1) is 4.63. The maximum atomic E-state index is 3.29. The normalized spacial score (nSPS) is 34.5. The van der Waals surface area contributed by atoms with Crippen LogP contribution in [0.25, 0.3) is 0 Å². The van der Waals surface area contributed by atoms with E-state index in [1.807, 2.05) is 0 Å². The van der Waals surface area contributed by atoms with Crippen molar-refractivity contribution in [2.24, 2.45) is 0 Å². The molecule has 0 aromatic rings. The summed E-state index contributed by atoms with van der Waals surface area (Å²) >= 11 is 2.63. The molecule has 1 heterocycles. The van der Waals surface area contributed by atoms with E-state index in [2.05, 4.69) is 21.3 Å². The molecule has 0 amide bonds. The molecule has 1 atom stereocenters. The third-order valence-corrected chi connectivity index (χ3v) is 1.96. The average molecular weight is 150 g/mol. The summed E-state index contributed by atoms with van der Waals surface area (Å²) in [6.45, 7) is 1.22. The van der Waals surface area contributed by atoms with E-state index in [0.29, 0.717) is 0 Å². The number of hydrogen-bond acceptors (Lipinski definition) is 1. The van der Waals surface area contributed by atoms with Gasteiger partial charge in [0.05, 0.1) is 0 Å². The molecule has 0 aromatic heterocycles. The van der Waals surface area contributed by atoms with Gasteiger partial charge in [-0.2, -0.15) is 0 Å². The Bertz CT molecular complexity index is 40.8. The third-order valence-electron chi connectivity index (χ3n) is 1.03. The number of rotatable bonds is 0. The molecule has 0 saturated carbocycles. The molecule has 1 nitrogen and oxygen atoms in total. The van der Waals surface area contributed by atoms with Gasteiger partial charge in [-0.15, -0.1) is 0 Å². The first-order valence-electron chi connectivity index (χ1n) is 2.31. The summed E-state index contributed by atoms with van der Waals surface area (Å²) in [5, 5.41) is 3.29. The summed E-state index contributed by atoms with van der Waals surface area (Å²) < 4.78 is 0. The number of hydrogen-bond donors (Lipinski definition) is 1. The van der Waals surface area contributed by atoms with Gasteiger partial charge >= 0.3 is 45.7 Å². The van der Waals surface area contributed by atoms with Crippen LogP contribution in [0.15, 0.2) is 0 Å². The quantitative estimate of drug-likeness (QED) is 0.463. The van der Waals surface area contributed by atoms with Crippen molar-refractivity contribution in [2.75, 3.05) is 6.54 Å². The predicted molar refractivity (Wildman–Crippen MR) is 28.2 cm³/mol. The van der Waals surface area contributed by atoms with E-state index in [0.717, 1.165) is 4.94 Å². The molecule has 0 aromatic carbocycles. The van der Waals surface area contributed by atoms with Crippen molar-refractivity contribution in [1.82, 2.24) is 5.32 Å². The summed E-state index contributed by atoms with van der Waals surface area (Å²) in [5.74, 6) is 0. The minimum absolute atomic E-state index is 0.734. The van der Waals surface area contributed by atoms with Crippen LogP contribution in [0.1, 0.15) is 12.8 Å². The van der Waals surface area contributed by atoms with Crippen LogP contribution in [0.5, 0.6) is 0 Å². The van der Waals surface area contributed by atoms with E-state index in [9.17, 15) is 0 Å². The van der Waals surface area contributed by atoms with Crippen LogP contribution in [0.4, 0.5) is 0 Å². The van der Waals surface area contributed by atoms with Crippen molar-refractivity contribution in [3.63, 3.8) is 0 Å². The van der Waals surface area contributed by atoms with Crippen LogP contribution in [-0.4, -0.2) is 27.5 Å². The van der Waals surface area contributed by atoms with Gasteiger partial charge in [-0.1, -0.05) is 0 Å². The molecule has 36 valence electrons. The molecular formula is C4H9NSe. The topological polar surface area (TPSA) is 12.0 Å². The van der Waals surface area contributed by atoms with Gasteiger partial charge in [0.15, 0.2) is 0 Å². The van der Waals surface area contributed by atoms with E-state index in [1.54, 1.807) is 0 Å². The zero-order valence-electron chi connectivity index (χ0n) is 3.65. The summed E-state index contributed by atoms with van der Waals surface area (Å²) in [7, 11) is 0. The van der Waals surface area contributed by atoms with Gasteiger partial charge in [-0.3, -0.25) is 0 Å². The second-order valence-electron chi connectivity index (χ2n) is 1.61. The average Bonchev–Trinajstić information content (AvgIpc) is 1.86. The van der Waals surface area contributed by atoms with E-state index >= 15 is 0 Å². The summed E-state index contributed by atoms with van der Waals surface area (Å²) in [6.07, 6.45) is 2.71. The molecule has 0 spiro atoms. The van der Waals surface area contributed by atoms with Gasteiger partial charge in [0.1, 0.15) is 0 Å². The first-order chi connectivity index (χ1) is 2.89. The van der Waals surface area contributed by atoms with Gasteiger partial charge in [0.25, 0.3) is 0 Å². The van der Waals surface area contributed by atoms with Gasteiger partial charge in [-0.25, -0.2) is 0 Å². The summed E-state index contributed by atoms with van der Waals surface area (Å²) in [6, 6.07) is 0. The molecule has 1 saturated heterocycles. The number of nitrogens with one attached hydrogen (secondary N) is 1. The molecule has 1 unspecified atom stereocenters. The van der Waals surface area contributed by atoms with E-state index in [1.165, 1.54) is 19.4 Å². The van der Waals surface area contributed by atoms with Crippen LogP contribution in [-0.2, 0) is 0 Å². The van der Waals surface area contributed by atoms with Gasteiger partial charge in [0, 0.05) is 0 Å². The molecule has 0 radical (unpaired) electrons. The molecule has 1 rings (SSSR count). The molecule has 0 bridgehead atoms. The molecule has 1 fully saturated rings. The molecule has 1 N–H and O–H groups in total. The first-order valence-corrected chi connectivity index (χ1v) is 3.39. The van der Waals surface area contributed by atoms with Crippen LogP contribution in [0.3, 0.4) is 0 Å². The molecule has 1 aliphatic heterocycles. The Hall–Kier alpha value is 0.479. The van der Waals surface area contributed by atoms with Crippen LogP contribution in [0, 0.1) is 0 Å². The fraction of sp³-hybridized carbons (Fsp3) is 1.00. The van der Waals surface area contributed by atoms with E-state index in [-0.39, 0.29) is 0 Å². The Morgan fingerprint density at radius 1 is 1.67 bits per heavy atom. The standard InChI is InChI=1S/C4H9NSe/c6-4-2-1-3-5-4/h4-6H,1-3H2. The van der Waals surface area contributed by atoms with Crippen molar-refractivity contribution >= 4 is 16.0 Å². The Morgan fingerprint density at radius 2 is 2.50 bits per heavy atom. The Labute approximate surface area is 46.3 Å². The van der Waals surface area contributed by atoms with Crippen molar-refractivity contribution in [3.05, 3.63) is 0 Å². The van der Waals surface area contributed by atoms with Crippen molar-refractivity contribution in [2.45, 2.75) is 17.8 Å². The zero-order valence-corrected chi connectivity index (χ0v) is 5.52. The molecule has 0 aliphatic carbocycles. The SMILES string of the molecule is [SeH]C1CCCN1. The van der Waals surface area contributed by atoms with E-state index in [4.69, 9.17) is 0 Å². The zero-order chi connectivity index (χ0) is 4.41. The monoisotopic (exact) mass is 151 g/mol. The van der Waals surface area contributed by atoms with Gasteiger partial charge in [0.2, 0.25) is 0 Å². The van der Waals surface area contributed by atoms with Crippen LogP contribution >= 0.6 is 0 Å². The van der Waals surface area contributed by atoms with Crippen LogP contribution in [0.2, 0.25) is 0 Å². The molecule has 6 heavy (non-hydrogen) atoms. The molecule has 1 aliphatic rings. The van der Waals surface area contributed by atoms with Gasteiger partial charge < -0.3 is 0 Å². The Kier molecular flexibility index (Phi) is 1.52. The fourth-order valence-corrected chi connectivity index (χ4v) is 1.32. The Morgan fingerprint density at radius 3 is 2.67 bits per heavy atom.